The van der Waals surface area contributed by atoms with Gasteiger partial charge in [0.15, 0.2) is 0 Å². The van der Waals surface area contributed by atoms with Gasteiger partial charge in [-0.15, -0.1) is 0 Å². The number of hydrogen-bond donors (Lipinski definition) is 0. The second kappa shape index (κ2) is 15.6. The van der Waals surface area contributed by atoms with Gasteiger partial charge in [-0.2, -0.15) is 0 Å². The average Bonchev–Trinajstić information content (AvgIpc) is 4.08. The zero-order chi connectivity index (χ0) is 44.6. The summed E-state index contributed by atoms with van der Waals surface area (Å²) in [6.07, 6.45) is 0. The summed E-state index contributed by atoms with van der Waals surface area (Å²) >= 11 is 0. The Kier molecular flexibility index (Phi) is 9.04. The molecule has 0 aliphatic rings. The van der Waals surface area contributed by atoms with E-state index in [0.29, 0.717) is 0 Å². The van der Waals surface area contributed by atoms with Gasteiger partial charge < -0.3 is 13.7 Å². The lowest BCUT2D eigenvalue weighted by molar-refractivity contribution is 0.796. The van der Waals surface area contributed by atoms with Crippen molar-refractivity contribution in [1.82, 2.24) is 23.7 Å². The molecule has 318 valence electrons. The molecule has 3 heterocycles. The molecule has 0 unspecified atom stereocenters. The quantitative estimate of drug-likeness (QED) is 0.143. The molecule has 0 atom stereocenters. The zero-order valence-corrected chi connectivity index (χ0v) is 37.4. The number of rotatable bonds is 8. The molecule has 10 aromatic carbocycles. The van der Waals surface area contributed by atoms with Gasteiger partial charge >= 0.3 is 0 Å². The van der Waals surface area contributed by atoms with Crippen LogP contribution >= 0.6 is 0 Å². The maximum absolute atomic E-state index is 5.48. The molecule has 3 aromatic heterocycles. The number of benzene rings is 10. The van der Waals surface area contributed by atoms with Crippen LogP contribution in [0.1, 0.15) is 13.8 Å². The third-order valence-corrected chi connectivity index (χ3v) is 13.9. The molecular weight excluding hydrogens is 815 g/mol. The molecule has 5 nitrogen and oxygen atoms in total. The summed E-state index contributed by atoms with van der Waals surface area (Å²) in [5, 5.41) is 7.18. The minimum absolute atomic E-state index is 0.808. The first kappa shape index (κ1) is 38.9. The lowest BCUT2D eigenvalue weighted by Gasteiger charge is -2.19. The van der Waals surface area contributed by atoms with Crippen molar-refractivity contribution >= 4 is 65.4 Å². The van der Waals surface area contributed by atoms with Crippen molar-refractivity contribution in [2.45, 2.75) is 26.9 Å². The predicted octanol–water partition coefficient (Wildman–Crippen LogP) is 16.2. The third kappa shape index (κ3) is 5.94. The highest BCUT2D eigenvalue weighted by Crippen LogP contribution is 2.48. The van der Waals surface area contributed by atoms with Crippen molar-refractivity contribution < 1.29 is 0 Å². The number of aryl methyl sites for hydroxylation is 2. The highest BCUT2D eigenvalue weighted by atomic mass is 15.1. The Balaban J connectivity index is 1.17. The van der Waals surface area contributed by atoms with Crippen molar-refractivity contribution in [2.24, 2.45) is 0 Å². The topological polar surface area (TPSA) is 40.6 Å². The number of hydrogen-bond acceptors (Lipinski definition) is 2. The van der Waals surface area contributed by atoms with Crippen molar-refractivity contribution in [3.05, 3.63) is 212 Å². The molecule has 67 heavy (non-hydrogen) atoms. The van der Waals surface area contributed by atoms with Gasteiger partial charge in [0.25, 0.3) is 0 Å². The van der Waals surface area contributed by atoms with Crippen LogP contribution in [0.4, 0.5) is 0 Å². The van der Waals surface area contributed by atoms with Gasteiger partial charge in [0.05, 0.1) is 33.1 Å². The van der Waals surface area contributed by atoms with Crippen LogP contribution in [-0.4, -0.2) is 23.7 Å². The summed E-state index contributed by atoms with van der Waals surface area (Å²) < 4.78 is 7.16. The van der Waals surface area contributed by atoms with Gasteiger partial charge in [0.2, 0.25) is 0 Å². The van der Waals surface area contributed by atoms with E-state index in [-0.39, 0.29) is 0 Å². The van der Waals surface area contributed by atoms with E-state index in [4.69, 9.17) is 9.97 Å². The first-order valence-corrected chi connectivity index (χ1v) is 23.4. The monoisotopic (exact) mass is 859 g/mol. The molecule has 0 aliphatic carbocycles. The number of imidazole rings is 2. The largest absolute Gasteiger partial charge is 0.324 e. The molecular formula is C62H45N5. The Hall–Kier alpha value is -8.54. The molecule has 0 radical (unpaired) electrons. The van der Waals surface area contributed by atoms with Crippen molar-refractivity contribution in [3.63, 3.8) is 0 Å². The second-order valence-corrected chi connectivity index (χ2v) is 17.4. The minimum atomic E-state index is 0.808. The van der Waals surface area contributed by atoms with Crippen LogP contribution in [0.2, 0.25) is 0 Å². The molecule has 5 heteroatoms. The minimum Gasteiger partial charge on any atom is -0.324 e. The van der Waals surface area contributed by atoms with Crippen LogP contribution in [0, 0.1) is 0 Å². The maximum Gasteiger partial charge on any atom is 0.141 e. The summed E-state index contributed by atoms with van der Waals surface area (Å²) in [6.45, 7) is 6.03. The first-order chi connectivity index (χ1) is 33.2. The SMILES string of the molecule is CCn1c(-c2ccccc2)nc2c(-c3cccc4c(-c5cccc6c7ccccc7n(-c7ccccc7)c56)c5cccc(-c6cccc7c6nc(-c6ccccc6)n7CC)c5cc34)cccc21. The van der Waals surface area contributed by atoms with Crippen LogP contribution in [0.25, 0.3) is 127 Å². The number of fused-ring (bicyclic) bond motifs is 7. The van der Waals surface area contributed by atoms with Gasteiger partial charge in [0, 0.05) is 57.4 Å². The summed E-state index contributed by atoms with van der Waals surface area (Å²) in [5.74, 6) is 1.96. The molecule has 0 fully saturated rings. The van der Waals surface area contributed by atoms with E-state index in [0.717, 1.165) is 85.9 Å². The molecule has 0 bridgehead atoms. The highest BCUT2D eigenvalue weighted by molar-refractivity contribution is 6.24. The van der Waals surface area contributed by atoms with E-state index in [2.05, 4.69) is 240 Å². The Labute approximate surface area is 388 Å². The van der Waals surface area contributed by atoms with Crippen LogP contribution in [0.3, 0.4) is 0 Å². The smallest absolute Gasteiger partial charge is 0.141 e. The average molecular weight is 860 g/mol. The van der Waals surface area contributed by atoms with Crippen LogP contribution < -0.4 is 0 Å². The molecule has 13 aromatic rings. The first-order valence-electron chi connectivity index (χ1n) is 23.4. The van der Waals surface area contributed by atoms with E-state index in [9.17, 15) is 0 Å². The summed E-state index contributed by atoms with van der Waals surface area (Å²) in [4.78, 5) is 11.0. The van der Waals surface area contributed by atoms with E-state index >= 15 is 0 Å². The Morgan fingerprint density at radius 3 is 1.30 bits per heavy atom. The Morgan fingerprint density at radius 2 is 0.761 bits per heavy atom. The fourth-order valence-electron chi connectivity index (χ4n) is 11.0. The molecule has 13 rings (SSSR count). The van der Waals surface area contributed by atoms with Crippen LogP contribution in [0.15, 0.2) is 212 Å². The van der Waals surface area contributed by atoms with E-state index in [1.807, 2.05) is 0 Å². The van der Waals surface area contributed by atoms with E-state index in [1.54, 1.807) is 0 Å². The molecule has 0 saturated heterocycles. The molecule has 0 N–H and O–H groups in total. The van der Waals surface area contributed by atoms with Crippen molar-refractivity contribution in [1.29, 1.82) is 0 Å². The highest BCUT2D eigenvalue weighted by Gasteiger charge is 2.24. The number of para-hydroxylation sites is 5. The fraction of sp³-hybridized carbons (Fsp3) is 0.0645. The normalized spacial score (nSPS) is 11.9. The molecule has 0 saturated carbocycles. The van der Waals surface area contributed by atoms with E-state index < -0.39 is 0 Å². The lowest BCUT2D eigenvalue weighted by atomic mass is 9.85. The lowest BCUT2D eigenvalue weighted by Crippen LogP contribution is -1.97. The molecule has 0 amide bonds. The summed E-state index contributed by atoms with van der Waals surface area (Å²) in [6, 6.07) is 77.1. The van der Waals surface area contributed by atoms with Crippen molar-refractivity contribution in [3.8, 4) is 61.8 Å². The standard InChI is InChI=1S/C62H45N5/c1-3-65-55-37-19-32-48(58(55)63-61(65)40-21-8-5-9-22-40)43-28-16-30-46-52(43)39-53-44(49-33-20-38-56-59(49)64-62(66(56)4-2)41-23-10-6-11-24-41)29-17-31-47(53)57(46)51-35-18-34-50-45-27-14-15-36-54(45)67(60(50)51)42-25-12-7-13-26-42/h5-39H,3-4H2,1-2H3. The fourth-order valence-corrected chi connectivity index (χ4v) is 11.0. The van der Waals surface area contributed by atoms with Gasteiger partial charge in [-0.25, -0.2) is 9.97 Å². The van der Waals surface area contributed by atoms with Gasteiger partial charge in [0.1, 0.15) is 11.6 Å². The van der Waals surface area contributed by atoms with Crippen LogP contribution in [-0.2, 0) is 13.1 Å². The van der Waals surface area contributed by atoms with Gasteiger partial charge in [-0.05, 0) is 88.5 Å². The maximum atomic E-state index is 5.48. The third-order valence-electron chi connectivity index (χ3n) is 13.9. The number of nitrogens with zero attached hydrogens (tertiary/aromatic N) is 5. The van der Waals surface area contributed by atoms with Gasteiger partial charge in [-0.3, -0.25) is 0 Å². The summed E-state index contributed by atoms with van der Waals surface area (Å²) in [7, 11) is 0. The Bertz CT molecular complexity index is 3860. The van der Waals surface area contributed by atoms with Crippen molar-refractivity contribution in [2.75, 3.05) is 0 Å². The zero-order valence-electron chi connectivity index (χ0n) is 37.4. The predicted molar refractivity (Wildman–Crippen MR) is 281 cm³/mol. The molecule has 0 spiro atoms. The second-order valence-electron chi connectivity index (χ2n) is 17.4. The summed E-state index contributed by atoms with van der Waals surface area (Å²) in [5.41, 5.74) is 16.9. The Morgan fingerprint density at radius 1 is 0.343 bits per heavy atom. The van der Waals surface area contributed by atoms with E-state index in [1.165, 1.54) is 54.5 Å². The van der Waals surface area contributed by atoms with Crippen LogP contribution in [0.5, 0.6) is 0 Å². The number of aromatic nitrogens is 5. The van der Waals surface area contributed by atoms with Gasteiger partial charge in [-0.1, -0.05) is 176 Å². The molecule has 0 aliphatic heterocycles.